The highest BCUT2D eigenvalue weighted by Gasteiger charge is 2.51. The molecule has 0 aromatic heterocycles. The van der Waals surface area contributed by atoms with Crippen molar-refractivity contribution in [1.29, 1.82) is 0 Å². The van der Waals surface area contributed by atoms with Crippen LogP contribution in [0, 0.1) is 0 Å². The van der Waals surface area contributed by atoms with Crippen molar-refractivity contribution < 1.29 is 64.6 Å². The Labute approximate surface area is 513 Å². The lowest BCUT2D eigenvalue weighted by molar-refractivity contribution is -0.359. The Kier molecular flexibility index (Phi) is 51.9. The molecule has 0 radical (unpaired) electrons. The molecule has 12 unspecified atom stereocenters. The first-order chi connectivity index (χ1) is 41.1. The minimum atomic E-state index is -1.79. The summed E-state index contributed by atoms with van der Waals surface area (Å²) in [5.41, 5.74) is 0. The topological polar surface area (TPSA) is 228 Å². The van der Waals surface area contributed by atoms with Gasteiger partial charge in [0.15, 0.2) is 12.6 Å². The van der Waals surface area contributed by atoms with E-state index in [4.69, 9.17) is 18.9 Å². The molecule has 9 N–H and O–H groups in total. The average molecular weight is 1200 g/mol. The Morgan fingerprint density at radius 3 is 1.17 bits per heavy atom. The van der Waals surface area contributed by atoms with Crippen molar-refractivity contribution in [1.82, 2.24) is 5.32 Å². The number of allylic oxidation sites excluding steroid dienone is 3. The number of unbranched alkanes of at least 4 members (excludes halogenated alkanes) is 44. The molecule has 2 aliphatic heterocycles. The van der Waals surface area contributed by atoms with Gasteiger partial charge in [0.2, 0.25) is 5.91 Å². The van der Waals surface area contributed by atoms with Crippen LogP contribution >= 0.6 is 0 Å². The first-order valence-corrected chi connectivity index (χ1v) is 35.6. The minimum Gasteiger partial charge on any atom is -0.394 e. The lowest BCUT2D eigenvalue weighted by Gasteiger charge is -2.46. The zero-order valence-electron chi connectivity index (χ0n) is 53.9. The minimum absolute atomic E-state index is 0.242. The van der Waals surface area contributed by atoms with Crippen LogP contribution in [0.1, 0.15) is 322 Å². The highest BCUT2D eigenvalue weighted by Crippen LogP contribution is 2.30. The summed E-state index contributed by atoms with van der Waals surface area (Å²) < 4.78 is 22.8. The van der Waals surface area contributed by atoms with Crippen molar-refractivity contribution in [3.63, 3.8) is 0 Å². The number of rotatable bonds is 59. The zero-order chi connectivity index (χ0) is 60.9. The third-order valence-electron chi connectivity index (χ3n) is 17.6. The normalized spacial score (nSPS) is 23.7. The highest BCUT2D eigenvalue weighted by atomic mass is 16.7. The number of carbonyl (C=O) groups is 1. The number of hydrogen-bond acceptors (Lipinski definition) is 13. The van der Waals surface area contributed by atoms with Gasteiger partial charge in [-0.1, -0.05) is 308 Å². The Morgan fingerprint density at radius 2 is 0.762 bits per heavy atom. The van der Waals surface area contributed by atoms with Crippen LogP contribution in [-0.2, 0) is 23.7 Å². The number of aliphatic hydroxyl groups excluding tert-OH is 8. The summed E-state index contributed by atoms with van der Waals surface area (Å²) in [6.45, 7) is 2.83. The zero-order valence-corrected chi connectivity index (χ0v) is 53.9. The second kappa shape index (κ2) is 55.5. The predicted molar refractivity (Wildman–Crippen MR) is 342 cm³/mol. The van der Waals surface area contributed by atoms with Crippen molar-refractivity contribution >= 4 is 5.91 Å². The Morgan fingerprint density at radius 1 is 0.417 bits per heavy atom. The maximum atomic E-state index is 13.3. The molecule has 0 bridgehead atoms. The number of nitrogens with one attached hydrogen (secondary N) is 1. The summed E-state index contributed by atoms with van der Waals surface area (Å²) in [6, 6.07) is -0.929. The molecule has 0 aliphatic carbocycles. The molecular formula is C70H133NO13. The first-order valence-electron chi connectivity index (χ1n) is 35.6. The van der Waals surface area contributed by atoms with Crippen molar-refractivity contribution in [3.8, 4) is 0 Å². The van der Waals surface area contributed by atoms with Crippen LogP contribution in [0.25, 0.3) is 0 Å². The third-order valence-corrected chi connectivity index (χ3v) is 17.6. The van der Waals surface area contributed by atoms with Crippen LogP contribution in [0.5, 0.6) is 0 Å². The Hall–Kier alpha value is -1.53. The van der Waals surface area contributed by atoms with E-state index in [9.17, 15) is 45.6 Å². The van der Waals surface area contributed by atoms with Crippen molar-refractivity contribution in [2.75, 3.05) is 19.8 Å². The van der Waals surface area contributed by atoms with E-state index in [1.807, 2.05) is 6.08 Å². The van der Waals surface area contributed by atoms with Crippen LogP contribution in [0.2, 0.25) is 0 Å². The first kappa shape index (κ1) is 78.6. The number of hydrogen-bond donors (Lipinski definition) is 9. The molecule has 0 aromatic rings. The second-order valence-electron chi connectivity index (χ2n) is 25.4. The van der Waals surface area contributed by atoms with E-state index >= 15 is 0 Å². The molecule has 84 heavy (non-hydrogen) atoms. The quantitative estimate of drug-likeness (QED) is 0.0204. The van der Waals surface area contributed by atoms with Crippen LogP contribution in [0.3, 0.4) is 0 Å². The molecule has 0 aromatic carbocycles. The Balaban J connectivity index is 1.64. The molecular weight excluding hydrogens is 1060 g/mol. The SMILES string of the molecule is CCCCCCCCCCCCCC/C=C/CC/C=C/C(O)C(COC1OC(CO)C(OC2OC(CO)C(O)C(O)C2O)C(O)C1O)NC(=O)CCCCCCCCCCCCCCCCCCCCCCCCCCCCCCCCCC. The van der Waals surface area contributed by atoms with E-state index in [0.717, 1.165) is 32.1 Å². The van der Waals surface area contributed by atoms with Gasteiger partial charge < -0.3 is 65.1 Å². The molecule has 12 atom stereocenters. The third kappa shape index (κ3) is 39.5. The maximum absolute atomic E-state index is 13.3. The number of amides is 1. The van der Waals surface area contributed by atoms with E-state index in [1.165, 1.54) is 257 Å². The predicted octanol–water partition coefficient (Wildman–Crippen LogP) is 14.3. The summed E-state index contributed by atoms with van der Waals surface area (Å²) in [7, 11) is 0. The molecule has 2 fully saturated rings. The lowest BCUT2D eigenvalue weighted by atomic mass is 9.97. The van der Waals surface area contributed by atoms with Gasteiger partial charge >= 0.3 is 0 Å². The largest absolute Gasteiger partial charge is 0.394 e. The fourth-order valence-electron chi connectivity index (χ4n) is 12.0. The van der Waals surface area contributed by atoms with E-state index in [1.54, 1.807) is 6.08 Å². The van der Waals surface area contributed by atoms with Crippen molar-refractivity contribution in [3.05, 3.63) is 24.3 Å². The molecule has 14 nitrogen and oxygen atoms in total. The van der Waals surface area contributed by atoms with Crippen LogP contribution in [0.4, 0.5) is 0 Å². The van der Waals surface area contributed by atoms with E-state index in [2.05, 4.69) is 31.3 Å². The van der Waals surface area contributed by atoms with E-state index in [-0.39, 0.29) is 18.9 Å². The molecule has 14 heteroatoms. The van der Waals surface area contributed by atoms with Gasteiger partial charge in [-0.25, -0.2) is 0 Å². The molecule has 0 spiro atoms. The lowest BCUT2D eigenvalue weighted by Crippen LogP contribution is -2.65. The van der Waals surface area contributed by atoms with Gasteiger partial charge in [0.1, 0.15) is 48.8 Å². The van der Waals surface area contributed by atoms with E-state index < -0.39 is 86.8 Å². The van der Waals surface area contributed by atoms with Crippen LogP contribution < -0.4 is 5.32 Å². The number of aliphatic hydroxyl groups is 8. The van der Waals surface area contributed by atoms with Gasteiger partial charge in [-0.15, -0.1) is 0 Å². The van der Waals surface area contributed by atoms with Gasteiger partial charge in [-0.05, 0) is 32.1 Å². The maximum Gasteiger partial charge on any atom is 0.220 e. The van der Waals surface area contributed by atoms with Crippen LogP contribution in [-0.4, -0.2) is 140 Å². The van der Waals surface area contributed by atoms with Crippen molar-refractivity contribution in [2.24, 2.45) is 0 Å². The second-order valence-corrected chi connectivity index (χ2v) is 25.4. The van der Waals surface area contributed by atoms with Gasteiger partial charge in [0.25, 0.3) is 0 Å². The molecule has 2 aliphatic rings. The Bertz CT molecular complexity index is 1500. The standard InChI is InChI=1S/C70H133NO13/c1-3-5-7-9-11-13-15-17-19-21-23-24-25-26-27-28-29-30-31-32-33-34-35-36-38-40-42-44-46-48-50-52-54-62(75)71-58(59(74)53-51-49-47-45-43-41-39-37-22-20-18-16-14-12-10-8-6-4-2)57-81-69-67(80)65(78)68(61(56-73)83-69)84-70-66(79)64(77)63(76)60(55-72)82-70/h43,45,51,53,58-61,63-70,72-74,76-80H,3-42,44,46-50,52,54-57H2,1-2H3,(H,71,75)/b45-43+,53-51+. The molecule has 2 rings (SSSR count). The summed E-state index contributed by atoms with van der Waals surface area (Å²) in [5.74, 6) is -0.242. The molecule has 496 valence electrons. The summed E-state index contributed by atoms with van der Waals surface area (Å²) in [6.07, 6.45) is 52.5. The fourth-order valence-corrected chi connectivity index (χ4v) is 12.0. The van der Waals surface area contributed by atoms with Gasteiger partial charge in [0.05, 0.1) is 32.0 Å². The van der Waals surface area contributed by atoms with Gasteiger partial charge in [0, 0.05) is 6.42 Å². The smallest absolute Gasteiger partial charge is 0.220 e. The van der Waals surface area contributed by atoms with Gasteiger partial charge in [-0.2, -0.15) is 0 Å². The fraction of sp³-hybridized carbons (Fsp3) is 0.929. The summed E-state index contributed by atoms with van der Waals surface area (Å²) in [5, 5.41) is 87.3. The number of carbonyl (C=O) groups excluding carboxylic acids is 1. The summed E-state index contributed by atoms with van der Waals surface area (Å²) >= 11 is 0. The summed E-state index contributed by atoms with van der Waals surface area (Å²) in [4.78, 5) is 13.3. The molecule has 0 saturated carbocycles. The molecule has 2 heterocycles. The monoisotopic (exact) mass is 1200 g/mol. The molecule has 2 saturated heterocycles. The van der Waals surface area contributed by atoms with E-state index in [0.29, 0.717) is 12.8 Å². The van der Waals surface area contributed by atoms with Crippen molar-refractivity contribution in [2.45, 2.75) is 396 Å². The van der Waals surface area contributed by atoms with Gasteiger partial charge in [-0.3, -0.25) is 4.79 Å². The average Bonchev–Trinajstić information content (AvgIpc) is 3.36. The molecule has 1 amide bonds. The highest BCUT2D eigenvalue weighted by molar-refractivity contribution is 5.76. The number of ether oxygens (including phenoxy) is 4. The van der Waals surface area contributed by atoms with Crippen LogP contribution in [0.15, 0.2) is 24.3 Å².